The van der Waals surface area contributed by atoms with Gasteiger partial charge in [0.05, 0.1) is 5.56 Å². The molecule has 0 radical (unpaired) electrons. The van der Waals surface area contributed by atoms with Crippen molar-refractivity contribution in [3.8, 4) is 0 Å². The predicted octanol–water partition coefficient (Wildman–Crippen LogP) is 2.63. The van der Waals surface area contributed by atoms with Crippen LogP contribution in [0.2, 0.25) is 0 Å². The lowest BCUT2D eigenvalue weighted by molar-refractivity contribution is -0.122. The summed E-state index contributed by atoms with van der Waals surface area (Å²) in [5.41, 5.74) is 3.17. The number of carbonyl (C=O) groups is 3. The van der Waals surface area contributed by atoms with Crippen molar-refractivity contribution in [1.29, 1.82) is 0 Å². The molecule has 27 heavy (non-hydrogen) atoms. The van der Waals surface area contributed by atoms with Crippen molar-refractivity contribution in [3.63, 3.8) is 0 Å². The summed E-state index contributed by atoms with van der Waals surface area (Å²) >= 11 is 0. The second-order valence-corrected chi connectivity index (χ2v) is 6.69. The molecule has 0 saturated heterocycles. The van der Waals surface area contributed by atoms with Gasteiger partial charge in [-0.3, -0.25) is 9.59 Å². The van der Waals surface area contributed by atoms with E-state index in [1.807, 2.05) is 24.3 Å². The fourth-order valence-electron chi connectivity index (χ4n) is 3.20. The number of carboxylic acid groups (broad SMARTS) is 1. The SMILES string of the molecule is O=C(CCC1Cc2ccccc2NC1=O)NCCc1ccc(C(=O)O)cc1. The maximum Gasteiger partial charge on any atom is 0.335 e. The van der Waals surface area contributed by atoms with Gasteiger partial charge in [0.2, 0.25) is 11.8 Å². The molecule has 0 spiro atoms. The van der Waals surface area contributed by atoms with E-state index in [4.69, 9.17) is 5.11 Å². The Morgan fingerprint density at radius 3 is 2.59 bits per heavy atom. The molecule has 3 N–H and O–H groups in total. The first-order chi connectivity index (χ1) is 13.0. The molecule has 2 aromatic rings. The number of fused-ring (bicyclic) bond motifs is 1. The molecule has 1 unspecified atom stereocenters. The van der Waals surface area contributed by atoms with Crippen molar-refractivity contribution in [2.75, 3.05) is 11.9 Å². The fraction of sp³-hybridized carbons (Fsp3) is 0.286. The van der Waals surface area contributed by atoms with E-state index in [1.165, 1.54) is 0 Å². The lowest BCUT2D eigenvalue weighted by Gasteiger charge is -2.24. The topological polar surface area (TPSA) is 95.5 Å². The molecule has 1 aliphatic heterocycles. The van der Waals surface area contributed by atoms with Gasteiger partial charge in [-0.2, -0.15) is 0 Å². The molecule has 0 saturated carbocycles. The molecular formula is C21H22N2O4. The minimum atomic E-state index is -0.954. The van der Waals surface area contributed by atoms with E-state index < -0.39 is 5.97 Å². The highest BCUT2D eigenvalue weighted by molar-refractivity contribution is 5.96. The van der Waals surface area contributed by atoms with E-state index in [-0.39, 0.29) is 23.3 Å². The predicted molar refractivity (Wildman–Crippen MR) is 102 cm³/mol. The lowest BCUT2D eigenvalue weighted by atomic mass is 9.89. The lowest BCUT2D eigenvalue weighted by Crippen LogP contribution is -2.32. The summed E-state index contributed by atoms with van der Waals surface area (Å²) in [6, 6.07) is 14.3. The van der Waals surface area contributed by atoms with E-state index >= 15 is 0 Å². The van der Waals surface area contributed by atoms with E-state index in [1.54, 1.807) is 24.3 Å². The van der Waals surface area contributed by atoms with Gasteiger partial charge in [-0.25, -0.2) is 4.79 Å². The second-order valence-electron chi connectivity index (χ2n) is 6.69. The third-order valence-corrected chi connectivity index (χ3v) is 4.77. The number of nitrogens with one attached hydrogen (secondary N) is 2. The van der Waals surface area contributed by atoms with Crippen LogP contribution in [0.1, 0.15) is 34.3 Å². The van der Waals surface area contributed by atoms with Crippen LogP contribution in [-0.2, 0) is 22.4 Å². The van der Waals surface area contributed by atoms with Crippen molar-refractivity contribution < 1.29 is 19.5 Å². The average Bonchev–Trinajstić information content (AvgIpc) is 2.66. The van der Waals surface area contributed by atoms with Crippen molar-refractivity contribution >= 4 is 23.5 Å². The zero-order valence-corrected chi connectivity index (χ0v) is 14.9. The van der Waals surface area contributed by atoms with Gasteiger partial charge in [0.25, 0.3) is 0 Å². The summed E-state index contributed by atoms with van der Waals surface area (Å²) < 4.78 is 0. The van der Waals surface area contributed by atoms with Gasteiger partial charge in [-0.05, 0) is 48.6 Å². The maximum absolute atomic E-state index is 12.2. The molecule has 0 bridgehead atoms. The first-order valence-corrected chi connectivity index (χ1v) is 9.00. The minimum Gasteiger partial charge on any atom is -0.478 e. The van der Waals surface area contributed by atoms with Crippen molar-refractivity contribution in [2.24, 2.45) is 5.92 Å². The number of para-hydroxylation sites is 1. The Morgan fingerprint density at radius 2 is 1.85 bits per heavy atom. The van der Waals surface area contributed by atoms with Gasteiger partial charge in [-0.1, -0.05) is 30.3 Å². The zero-order valence-electron chi connectivity index (χ0n) is 14.9. The van der Waals surface area contributed by atoms with Crippen molar-refractivity contribution in [2.45, 2.75) is 25.7 Å². The Balaban J connectivity index is 1.41. The smallest absolute Gasteiger partial charge is 0.335 e. The molecule has 6 heteroatoms. The summed E-state index contributed by atoms with van der Waals surface area (Å²) in [6.07, 6.45) is 2.10. The van der Waals surface area contributed by atoms with Crippen LogP contribution in [0.3, 0.4) is 0 Å². The molecule has 0 fully saturated rings. The van der Waals surface area contributed by atoms with Crippen molar-refractivity contribution in [3.05, 3.63) is 65.2 Å². The number of rotatable bonds is 7. The summed E-state index contributed by atoms with van der Waals surface area (Å²) in [5.74, 6) is -1.25. The number of anilines is 1. The number of carbonyl (C=O) groups excluding carboxylic acids is 2. The third kappa shape index (κ3) is 4.94. The second kappa shape index (κ2) is 8.49. The number of carboxylic acids is 1. The number of hydrogen-bond acceptors (Lipinski definition) is 3. The molecule has 2 aromatic carbocycles. The van der Waals surface area contributed by atoms with Gasteiger partial charge < -0.3 is 15.7 Å². The molecule has 1 aliphatic rings. The molecular weight excluding hydrogens is 344 g/mol. The summed E-state index contributed by atoms with van der Waals surface area (Å²) in [7, 11) is 0. The molecule has 140 valence electrons. The van der Waals surface area contributed by atoms with Crippen LogP contribution in [0.5, 0.6) is 0 Å². The highest BCUT2D eigenvalue weighted by Gasteiger charge is 2.26. The first-order valence-electron chi connectivity index (χ1n) is 9.00. The summed E-state index contributed by atoms with van der Waals surface area (Å²) in [4.78, 5) is 35.0. The van der Waals surface area contributed by atoms with Crippen LogP contribution >= 0.6 is 0 Å². The third-order valence-electron chi connectivity index (χ3n) is 4.77. The average molecular weight is 366 g/mol. The molecule has 0 aromatic heterocycles. The Bertz CT molecular complexity index is 846. The highest BCUT2D eigenvalue weighted by Crippen LogP contribution is 2.27. The molecule has 1 atom stereocenters. The Labute approximate surface area is 157 Å². The quantitative estimate of drug-likeness (QED) is 0.702. The number of hydrogen-bond donors (Lipinski definition) is 3. The van der Waals surface area contributed by atoms with Crippen LogP contribution in [0.25, 0.3) is 0 Å². The summed E-state index contributed by atoms with van der Waals surface area (Å²) in [6.45, 7) is 0.477. The summed E-state index contributed by atoms with van der Waals surface area (Å²) in [5, 5.41) is 14.6. The fourth-order valence-corrected chi connectivity index (χ4v) is 3.20. The minimum absolute atomic E-state index is 0.0278. The van der Waals surface area contributed by atoms with E-state index in [2.05, 4.69) is 10.6 Å². The normalized spacial score (nSPS) is 15.6. The van der Waals surface area contributed by atoms with Crippen LogP contribution in [0.4, 0.5) is 5.69 Å². The van der Waals surface area contributed by atoms with E-state index in [9.17, 15) is 14.4 Å². The van der Waals surface area contributed by atoms with Crippen molar-refractivity contribution in [1.82, 2.24) is 5.32 Å². The molecule has 0 aliphatic carbocycles. The largest absolute Gasteiger partial charge is 0.478 e. The van der Waals surface area contributed by atoms with Gasteiger partial charge in [-0.15, -0.1) is 0 Å². The number of aromatic carboxylic acids is 1. The molecule has 1 heterocycles. The van der Waals surface area contributed by atoms with Gasteiger partial charge in [0.15, 0.2) is 0 Å². The molecule has 3 rings (SSSR count). The van der Waals surface area contributed by atoms with Crippen LogP contribution < -0.4 is 10.6 Å². The Hall–Kier alpha value is -3.15. The standard InChI is InChI=1S/C21H22N2O4/c24-19(22-12-11-14-5-7-15(8-6-14)21(26)27)10-9-17-13-16-3-1-2-4-18(16)23-20(17)25/h1-8,17H,9-13H2,(H,22,24)(H,23,25)(H,26,27). The van der Waals surface area contributed by atoms with Crippen LogP contribution in [-0.4, -0.2) is 29.4 Å². The number of benzene rings is 2. The Morgan fingerprint density at radius 1 is 1.11 bits per heavy atom. The van der Waals surface area contributed by atoms with Crippen LogP contribution in [0.15, 0.2) is 48.5 Å². The highest BCUT2D eigenvalue weighted by atomic mass is 16.4. The molecule has 6 nitrogen and oxygen atoms in total. The number of amides is 2. The monoisotopic (exact) mass is 366 g/mol. The Kier molecular flexibility index (Phi) is 5.86. The van der Waals surface area contributed by atoms with E-state index in [0.717, 1.165) is 16.8 Å². The first kappa shape index (κ1) is 18.6. The zero-order chi connectivity index (χ0) is 19.2. The van der Waals surface area contributed by atoms with Gasteiger partial charge in [0, 0.05) is 24.6 Å². The van der Waals surface area contributed by atoms with Crippen LogP contribution in [0, 0.1) is 5.92 Å². The van der Waals surface area contributed by atoms with E-state index in [0.29, 0.717) is 32.2 Å². The maximum atomic E-state index is 12.2. The van der Waals surface area contributed by atoms with Gasteiger partial charge >= 0.3 is 5.97 Å². The molecule has 2 amide bonds. The van der Waals surface area contributed by atoms with Gasteiger partial charge in [0.1, 0.15) is 0 Å².